The zero-order valence-corrected chi connectivity index (χ0v) is 43.3. The highest BCUT2D eigenvalue weighted by molar-refractivity contribution is 6.34. The van der Waals surface area contributed by atoms with Crippen molar-refractivity contribution in [1.29, 1.82) is 0 Å². The molecule has 3 N–H and O–H groups in total. The van der Waals surface area contributed by atoms with Gasteiger partial charge in [-0.05, 0) is 106 Å². The molecular weight excluding hydrogens is 970 g/mol. The monoisotopic (exact) mass is 1040 g/mol. The van der Waals surface area contributed by atoms with Gasteiger partial charge in [-0.25, -0.2) is 8.78 Å². The van der Waals surface area contributed by atoms with Crippen molar-refractivity contribution < 1.29 is 47.0 Å². The molecule has 4 aliphatic heterocycles. The van der Waals surface area contributed by atoms with Gasteiger partial charge in [0, 0.05) is 105 Å². The number of ketones is 2. The molecule has 5 aliphatic rings. The van der Waals surface area contributed by atoms with Crippen LogP contribution in [0.25, 0.3) is 11.1 Å². The third kappa shape index (κ3) is 10.9. The van der Waals surface area contributed by atoms with Crippen molar-refractivity contribution in [3.8, 4) is 28.4 Å². The highest BCUT2D eigenvalue weighted by Crippen LogP contribution is 2.56. The van der Waals surface area contributed by atoms with E-state index in [1.54, 1.807) is 23.1 Å². The first-order valence-corrected chi connectivity index (χ1v) is 26.5. The van der Waals surface area contributed by atoms with E-state index in [9.17, 15) is 24.0 Å². The van der Waals surface area contributed by atoms with Crippen molar-refractivity contribution in [2.45, 2.75) is 88.7 Å². The summed E-state index contributed by atoms with van der Waals surface area (Å²) in [5.74, 6) is -2.10. The van der Waals surface area contributed by atoms with E-state index in [1.807, 2.05) is 42.2 Å². The SMILES string of the molecule is COc1ccc(C(=O)N2CCN(CC3CCN(CCCC(=O)C4CCC(NC[C@]5(c6ccccc6)Oc6cc(F)c(Cl)c(-c7c(C(N)=O)ccc(OC)c7F)c6[C@@H]5C)CC4)CC3)CC2)cc1N1CCC(=O)CC1=O. The number of primary amides is 1. The maximum absolute atomic E-state index is 16.2. The Morgan fingerprint density at radius 2 is 1.54 bits per heavy atom. The van der Waals surface area contributed by atoms with Gasteiger partial charge in [0.05, 0.1) is 36.9 Å². The molecule has 2 atom stereocenters. The lowest BCUT2D eigenvalue weighted by Crippen LogP contribution is -2.50. The van der Waals surface area contributed by atoms with E-state index in [1.165, 1.54) is 32.4 Å². The predicted octanol–water partition coefficient (Wildman–Crippen LogP) is 8.16. The molecule has 74 heavy (non-hydrogen) atoms. The van der Waals surface area contributed by atoms with Crippen molar-refractivity contribution in [2.75, 3.05) is 84.6 Å². The van der Waals surface area contributed by atoms with Gasteiger partial charge in [-0.1, -0.05) is 48.9 Å². The van der Waals surface area contributed by atoms with E-state index in [2.05, 4.69) is 15.1 Å². The van der Waals surface area contributed by atoms with Crippen LogP contribution < -0.4 is 30.2 Å². The Labute approximate surface area is 436 Å². The number of nitrogens with one attached hydrogen (secondary N) is 1. The highest BCUT2D eigenvalue weighted by atomic mass is 35.5. The summed E-state index contributed by atoms with van der Waals surface area (Å²) < 4.78 is 49.5. The summed E-state index contributed by atoms with van der Waals surface area (Å²) in [6.45, 7) is 9.31. The van der Waals surface area contributed by atoms with Gasteiger partial charge in [-0.15, -0.1) is 0 Å². The van der Waals surface area contributed by atoms with Crippen LogP contribution in [0.5, 0.6) is 17.2 Å². The number of carbonyl (C=O) groups excluding carboxylic acids is 5. The molecule has 3 amide bonds. The van der Waals surface area contributed by atoms with Crippen molar-refractivity contribution in [1.82, 2.24) is 20.0 Å². The fourth-order valence-corrected chi connectivity index (χ4v) is 12.3. The number of anilines is 1. The van der Waals surface area contributed by atoms with Gasteiger partial charge in [-0.2, -0.15) is 0 Å². The lowest BCUT2D eigenvalue weighted by atomic mass is 9.76. The quantitative estimate of drug-likeness (QED) is 0.0982. The number of rotatable bonds is 17. The van der Waals surface area contributed by atoms with Gasteiger partial charge >= 0.3 is 0 Å². The van der Waals surface area contributed by atoms with E-state index in [0.717, 1.165) is 89.8 Å². The first-order chi connectivity index (χ1) is 35.7. The number of hydrogen-bond acceptors (Lipinski definition) is 11. The molecule has 0 spiro atoms. The number of fused-ring (bicyclic) bond motifs is 1. The number of nitrogens with two attached hydrogens (primary N) is 1. The lowest BCUT2D eigenvalue weighted by Gasteiger charge is -2.39. The minimum absolute atomic E-state index is 0.00267. The van der Waals surface area contributed by atoms with Crippen LogP contribution >= 0.6 is 11.6 Å². The second-order valence-corrected chi connectivity index (χ2v) is 21.1. The summed E-state index contributed by atoms with van der Waals surface area (Å²) in [6.07, 6.45) is 6.92. The van der Waals surface area contributed by atoms with E-state index < -0.39 is 29.1 Å². The molecule has 0 radical (unpaired) electrons. The summed E-state index contributed by atoms with van der Waals surface area (Å²) in [7, 11) is 2.83. The highest BCUT2D eigenvalue weighted by Gasteiger charge is 2.50. The number of carbonyl (C=O) groups is 5. The molecule has 9 rings (SSSR count). The number of benzene rings is 4. The van der Waals surface area contributed by atoms with E-state index in [0.29, 0.717) is 60.3 Å². The standard InChI is InChI=1S/C57H67ClF2N6O8/c1-35-50-48(32-43(59)53(58)52(50)51-42(55(61)70)16-18-47(73-3)54(51)60)74-57(35,39-8-5-4-6-9-39)34-62-40-14-11-37(12-15-40)45(68)10-7-22-63-23-19-36(20-24-63)33-64-26-28-65(29-27-64)56(71)38-13-17-46(72-2)44(30-38)66-25-21-41(67)31-49(66)69/h4-6,8-9,13,16-18,30,32,35-37,40,62H,7,10-12,14-15,19-29,31,33-34H2,1-3H3,(H2,61,70)/t35-,37?,40?,57-/m0/s1. The van der Waals surface area contributed by atoms with E-state index in [-0.39, 0.29) is 82.2 Å². The average Bonchev–Trinajstić information content (AvgIpc) is 3.70. The normalized spacial score (nSPS) is 22.9. The Morgan fingerprint density at radius 3 is 2.22 bits per heavy atom. The molecule has 394 valence electrons. The summed E-state index contributed by atoms with van der Waals surface area (Å²) in [4.78, 5) is 72.8. The van der Waals surface area contributed by atoms with Gasteiger partial charge in [0.25, 0.3) is 5.91 Å². The lowest BCUT2D eigenvalue weighted by molar-refractivity contribution is -0.128. The zero-order chi connectivity index (χ0) is 52.3. The Kier molecular flexibility index (Phi) is 16.4. The minimum atomic E-state index is -1.06. The molecule has 4 heterocycles. The number of halogens is 3. The predicted molar refractivity (Wildman–Crippen MR) is 278 cm³/mol. The van der Waals surface area contributed by atoms with Crippen LogP contribution in [-0.4, -0.2) is 130 Å². The first kappa shape index (κ1) is 52.9. The molecule has 14 nitrogen and oxygen atoms in total. The molecule has 0 unspecified atom stereocenters. The van der Waals surface area contributed by atoms with E-state index >= 15 is 8.78 Å². The molecule has 1 aliphatic carbocycles. The molecule has 1 saturated carbocycles. The van der Waals surface area contributed by atoms with Crippen molar-refractivity contribution >= 4 is 46.6 Å². The van der Waals surface area contributed by atoms with Crippen LogP contribution in [0.4, 0.5) is 14.5 Å². The molecule has 4 aromatic carbocycles. The summed E-state index contributed by atoms with van der Waals surface area (Å²) >= 11 is 6.70. The van der Waals surface area contributed by atoms with Crippen molar-refractivity contribution in [3.05, 3.63) is 106 Å². The number of methoxy groups -OCH3 is 2. The third-order valence-electron chi connectivity index (χ3n) is 16.3. The molecule has 0 aromatic heterocycles. The fourth-order valence-electron chi connectivity index (χ4n) is 12.1. The molecular formula is C57H67ClF2N6O8. The Balaban J connectivity index is 0.723. The Bertz CT molecular complexity index is 2760. The van der Waals surface area contributed by atoms with Crippen LogP contribution in [0.2, 0.25) is 5.02 Å². The van der Waals surface area contributed by atoms with Gasteiger partial charge in [0.2, 0.25) is 11.8 Å². The Hall–Kier alpha value is -5.94. The van der Waals surface area contributed by atoms with E-state index in [4.69, 9.17) is 31.5 Å². The fraction of sp³-hybridized carbons (Fsp3) is 0.491. The average molecular weight is 1040 g/mol. The van der Waals surface area contributed by atoms with Crippen LogP contribution in [0.3, 0.4) is 0 Å². The number of Topliss-reactive ketones (excluding diaryl/α,β-unsaturated/α-hetero) is 2. The zero-order valence-electron chi connectivity index (χ0n) is 42.6. The largest absolute Gasteiger partial charge is 0.495 e. The number of piperidine rings is 2. The number of ether oxygens (including phenoxy) is 3. The molecule has 4 aromatic rings. The molecule has 4 fully saturated rings. The topological polar surface area (TPSA) is 164 Å². The summed E-state index contributed by atoms with van der Waals surface area (Å²) in [5.41, 5.74) is 6.57. The maximum Gasteiger partial charge on any atom is 0.254 e. The maximum atomic E-state index is 16.2. The van der Waals surface area contributed by atoms with Crippen LogP contribution in [-0.2, 0) is 20.0 Å². The first-order valence-electron chi connectivity index (χ1n) is 26.1. The minimum Gasteiger partial charge on any atom is -0.495 e. The van der Waals surface area contributed by atoms with Crippen LogP contribution in [0.1, 0.15) is 109 Å². The summed E-state index contributed by atoms with van der Waals surface area (Å²) in [5, 5.41) is 3.39. The number of nitrogens with zero attached hydrogens (tertiary/aromatic N) is 4. The van der Waals surface area contributed by atoms with Crippen molar-refractivity contribution in [2.24, 2.45) is 17.6 Å². The molecule has 3 saturated heterocycles. The smallest absolute Gasteiger partial charge is 0.254 e. The number of hydrogen-bond donors (Lipinski definition) is 2. The molecule has 17 heteroatoms. The number of piperazine rings is 1. The van der Waals surface area contributed by atoms with Gasteiger partial charge in [0.1, 0.15) is 28.9 Å². The van der Waals surface area contributed by atoms with Crippen LogP contribution in [0.15, 0.2) is 66.7 Å². The molecule has 0 bridgehead atoms. The number of amides is 3. The van der Waals surface area contributed by atoms with Crippen molar-refractivity contribution in [3.63, 3.8) is 0 Å². The summed E-state index contributed by atoms with van der Waals surface area (Å²) in [6, 6.07) is 18.8. The second-order valence-electron chi connectivity index (χ2n) is 20.7. The number of likely N-dealkylation sites (tertiary alicyclic amines) is 1. The van der Waals surface area contributed by atoms with Gasteiger partial charge in [0.15, 0.2) is 17.2 Å². The Morgan fingerprint density at radius 1 is 0.838 bits per heavy atom. The van der Waals surface area contributed by atoms with Gasteiger partial charge < -0.3 is 40.0 Å². The third-order valence-corrected chi connectivity index (χ3v) is 16.7. The van der Waals surface area contributed by atoms with Gasteiger partial charge in [-0.3, -0.25) is 28.9 Å². The van der Waals surface area contributed by atoms with Crippen LogP contribution in [0, 0.1) is 23.5 Å². The second kappa shape index (κ2) is 22.9.